The molecule has 0 spiro atoms. The fraction of sp³-hybridized carbons (Fsp3) is 0.556. The van der Waals surface area contributed by atoms with Crippen molar-refractivity contribution in [3.8, 4) is 5.75 Å². The number of hydrogen-bond acceptors (Lipinski definition) is 4. The normalized spacial score (nSPS) is 16.2. The van der Waals surface area contributed by atoms with Crippen molar-refractivity contribution in [1.82, 2.24) is 10.2 Å². The number of nitrogens with one attached hydrogen (secondary N) is 1. The summed E-state index contributed by atoms with van der Waals surface area (Å²) in [7, 11) is 3.07. The van der Waals surface area contributed by atoms with E-state index in [1.54, 1.807) is 7.05 Å². The molecule has 2 rings (SSSR count). The molecule has 9 heteroatoms. The van der Waals surface area contributed by atoms with Gasteiger partial charge in [0.25, 0.3) is 0 Å². The second kappa shape index (κ2) is 9.48. The molecular formula is C18H24F3N3O3. The van der Waals surface area contributed by atoms with E-state index in [9.17, 15) is 18.0 Å². The van der Waals surface area contributed by atoms with Gasteiger partial charge < -0.3 is 19.7 Å². The number of carbonyl (C=O) groups is 1. The Hall–Kier alpha value is -2.45. The first kappa shape index (κ1) is 20.9. The third-order valence-corrected chi connectivity index (χ3v) is 4.38. The molecule has 1 saturated heterocycles. The lowest BCUT2D eigenvalue weighted by Crippen LogP contribution is -2.47. The van der Waals surface area contributed by atoms with Gasteiger partial charge in [0.1, 0.15) is 12.4 Å². The van der Waals surface area contributed by atoms with Crippen LogP contribution in [0.5, 0.6) is 5.75 Å². The lowest BCUT2D eigenvalue weighted by Gasteiger charge is -2.33. The highest BCUT2D eigenvalue weighted by Gasteiger charge is 2.30. The average molecular weight is 387 g/mol. The maximum absolute atomic E-state index is 12.5. The number of guanidine groups is 1. The molecule has 1 aromatic carbocycles. The van der Waals surface area contributed by atoms with Crippen molar-refractivity contribution in [2.24, 2.45) is 10.9 Å². The first-order chi connectivity index (χ1) is 12.8. The van der Waals surface area contributed by atoms with Crippen molar-refractivity contribution >= 4 is 11.9 Å². The number of hydrogen-bond donors (Lipinski definition) is 1. The summed E-state index contributed by atoms with van der Waals surface area (Å²) in [6.45, 7) is 2.12. The minimum Gasteiger partial charge on any atom is -0.492 e. The quantitative estimate of drug-likeness (QED) is 0.364. The van der Waals surface area contributed by atoms with E-state index in [2.05, 4.69) is 15.2 Å². The number of methoxy groups -OCH3 is 1. The Morgan fingerprint density at radius 1 is 1.26 bits per heavy atom. The van der Waals surface area contributed by atoms with Gasteiger partial charge in [0.2, 0.25) is 0 Å². The largest absolute Gasteiger partial charge is 0.492 e. The van der Waals surface area contributed by atoms with E-state index < -0.39 is 11.7 Å². The van der Waals surface area contributed by atoms with Crippen molar-refractivity contribution < 1.29 is 27.4 Å². The predicted octanol–water partition coefficient (Wildman–Crippen LogP) is 2.54. The number of rotatable bonds is 5. The van der Waals surface area contributed by atoms with E-state index in [-0.39, 0.29) is 18.5 Å². The Balaban J connectivity index is 1.73. The van der Waals surface area contributed by atoms with Crippen LogP contribution in [-0.2, 0) is 15.7 Å². The van der Waals surface area contributed by atoms with Crippen LogP contribution in [0.3, 0.4) is 0 Å². The molecule has 0 radical (unpaired) electrons. The molecule has 1 aromatic rings. The zero-order valence-corrected chi connectivity index (χ0v) is 15.4. The molecule has 0 bridgehead atoms. The molecule has 150 valence electrons. The summed E-state index contributed by atoms with van der Waals surface area (Å²) in [5.41, 5.74) is -0.705. The average Bonchev–Trinajstić information content (AvgIpc) is 2.67. The Bertz CT molecular complexity index is 639. The van der Waals surface area contributed by atoms with Crippen molar-refractivity contribution in [3.05, 3.63) is 29.8 Å². The van der Waals surface area contributed by atoms with Crippen LogP contribution in [-0.4, -0.2) is 57.2 Å². The van der Waals surface area contributed by atoms with E-state index in [0.717, 1.165) is 12.1 Å². The number of ether oxygens (including phenoxy) is 2. The van der Waals surface area contributed by atoms with Gasteiger partial charge in [-0.25, -0.2) is 0 Å². The van der Waals surface area contributed by atoms with Crippen molar-refractivity contribution in [3.63, 3.8) is 0 Å². The Morgan fingerprint density at radius 2 is 1.89 bits per heavy atom. The maximum Gasteiger partial charge on any atom is 0.416 e. The fourth-order valence-corrected chi connectivity index (χ4v) is 2.90. The topological polar surface area (TPSA) is 63.2 Å². The molecule has 0 aliphatic carbocycles. The molecule has 0 aromatic heterocycles. The van der Waals surface area contributed by atoms with Gasteiger partial charge in [-0.05, 0) is 37.1 Å². The summed E-state index contributed by atoms with van der Waals surface area (Å²) in [5.74, 6) is 0.822. The molecule has 1 heterocycles. The first-order valence-electron chi connectivity index (χ1n) is 8.68. The number of alkyl halides is 3. The van der Waals surface area contributed by atoms with Crippen LogP contribution in [0.25, 0.3) is 0 Å². The summed E-state index contributed by atoms with van der Waals surface area (Å²) < 4.78 is 47.8. The van der Waals surface area contributed by atoms with Gasteiger partial charge in [0.05, 0.1) is 25.1 Å². The second-order valence-corrected chi connectivity index (χ2v) is 6.13. The summed E-state index contributed by atoms with van der Waals surface area (Å²) in [6.07, 6.45) is -2.95. The zero-order chi connectivity index (χ0) is 19.9. The highest BCUT2D eigenvalue weighted by atomic mass is 19.4. The van der Waals surface area contributed by atoms with Gasteiger partial charge >= 0.3 is 12.1 Å². The van der Waals surface area contributed by atoms with Gasteiger partial charge in [0, 0.05) is 20.1 Å². The van der Waals surface area contributed by atoms with E-state index in [1.165, 1.54) is 19.2 Å². The smallest absolute Gasteiger partial charge is 0.416 e. The van der Waals surface area contributed by atoms with Crippen molar-refractivity contribution in [2.75, 3.05) is 40.4 Å². The molecule has 0 unspecified atom stereocenters. The van der Waals surface area contributed by atoms with Crippen LogP contribution in [0.4, 0.5) is 13.2 Å². The summed E-state index contributed by atoms with van der Waals surface area (Å²) in [4.78, 5) is 17.8. The zero-order valence-electron chi connectivity index (χ0n) is 15.4. The van der Waals surface area contributed by atoms with E-state index in [0.29, 0.717) is 44.2 Å². The number of piperidine rings is 1. The standard InChI is InChI=1S/C18H24F3N3O3/c1-22-17(24-10-7-13(8-11-24)16(25)26-2)23-9-12-27-15-5-3-14(4-6-15)18(19,20)21/h3-6,13H,7-12H2,1-2H3,(H,22,23). The van der Waals surface area contributed by atoms with Gasteiger partial charge in [0.15, 0.2) is 5.96 Å². The number of esters is 1. The minimum atomic E-state index is -4.35. The molecule has 1 N–H and O–H groups in total. The molecule has 1 aliphatic heterocycles. The first-order valence-corrected chi connectivity index (χ1v) is 8.68. The predicted molar refractivity (Wildman–Crippen MR) is 94.6 cm³/mol. The molecule has 1 fully saturated rings. The second-order valence-electron chi connectivity index (χ2n) is 6.13. The third-order valence-electron chi connectivity index (χ3n) is 4.38. The van der Waals surface area contributed by atoms with Crippen LogP contribution >= 0.6 is 0 Å². The molecule has 0 amide bonds. The van der Waals surface area contributed by atoms with Crippen molar-refractivity contribution in [1.29, 1.82) is 0 Å². The van der Waals surface area contributed by atoms with Crippen LogP contribution in [0.1, 0.15) is 18.4 Å². The van der Waals surface area contributed by atoms with Crippen LogP contribution < -0.4 is 10.1 Å². The summed E-state index contributed by atoms with van der Waals surface area (Å²) in [6, 6.07) is 4.59. The molecule has 27 heavy (non-hydrogen) atoms. The van der Waals surface area contributed by atoms with E-state index in [4.69, 9.17) is 9.47 Å². The van der Waals surface area contributed by atoms with Crippen LogP contribution in [0.2, 0.25) is 0 Å². The Kier molecular flexibility index (Phi) is 7.32. The molecule has 0 atom stereocenters. The van der Waals surface area contributed by atoms with Gasteiger partial charge in [-0.2, -0.15) is 13.2 Å². The lowest BCUT2D eigenvalue weighted by molar-refractivity contribution is -0.146. The fourth-order valence-electron chi connectivity index (χ4n) is 2.90. The van der Waals surface area contributed by atoms with E-state index >= 15 is 0 Å². The monoisotopic (exact) mass is 387 g/mol. The van der Waals surface area contributed by atoms with Gasteiger partial charge in [-0.15, -0.1) is 0 Å². The summed E-state index contributed by atoms with van der Waals surface area (Å²) >= 11 is 0. The highest BCUT2D eigenvalue weighted by Crippen LogP contribution is 2.30. The maximum atomic E-state index is 12.5. The number of aliphatic imine (C=N–C) groups is 1. The van der Waals surface area contributed by atoms with Crippen LogP contribution in [0, 0.1) is 5.92 Å². The number of halogens is 3. The third kappa shape index (κ3) is 6.04. The molecule has 6 nitrogen and oxygen atoms in total. The van der Waals surface area contributed by atoms with E-state index in [1.807, 2.05) is 0 Å². The van der Waals surface area contributed by atoms with Gasteiger partial charge in [-0.1, -0.05) is 0 Å². The SMILES string of the molecule is CN=C(NCCOc1ccc(C(F)(F)F)cc1)N1CCC(C(=O)OC)CC1. The highest BCUT2D eigenvalue weighted by molar-refractivity contribution is 5.80. The summed E-state index contributed by atoms with van der Waals surface area (Å²) in [5, 5.41) is 3.16. The lowest BCUT2D eigenvalue weighted by atomic mass is 9.97. The van der Waals surface area contributed by atoms with Crippen LogP contribution in [0.15, 0.2) is 29.3 Å². The Labute approximate surface area is 156 Å². The van der Waals surface area contributed by atoms with Gasteiger partial charge in [-0.3, -0.25) is 9.79 Å². The number of likely N-dealkylation sites (tertiary alicyclic amines) is 1. The Morgan fingerprint density at radius 3 is 2.41 bits per heavy atom. The molecular weight excluding hydrogens is 363 g/mol. The molecule has 1 aliphatic rings. The number of carbonyl (C=O) groups excluding carboxylic acids is 1. The van der Waals surface area contributed by atoms with Crippen molar-refractivity contribution in [2.45, 2.75) is 19.0 Å². The number of nitrogens with zero attached hydrogens (tertiary/aromatic N) is 2. The molecule has 0 saturated carbocycles. The number of benzene rings is 1. The minimum absolute atomic E-state index is 0.0765.